The quantitative estimate of drug-likeness (QED) is 0.319. The number of hydrogen-bond donors (Lipinski definition) is 0. The van der Waals surface area contributed by atoms with Crippen LogP contribution in [0, 0.1) is 0 Å². The Kier molecular flexibility index (Phi) is 5.84. The Labute approximate surface area is 200 Å². The Bertz CT molecular complexity index is 1480. The first-order valence-corrected chi connectivity index (χ1v) is 12.8. The number of benzene rings is 3. The molecule has 0 saturated heterocycles. The van der Waals surface area contributed by atoms with E-state index in [2.05, 4.69) is 15.3 Å². The number of hydrogen-bond acceptors (Lipinski definition) is 6. The first-order valence-electron chi connectivity index (χ1n) is 10.1. The van der Waals surface area contributed by atoms with Crippen molar-refractivity contribution in [2.24, 2.45) is 0 Å². The van der Waals surface area contributed by atoms with Gasteiger partial charge in [0.2, 0.25) is 4.96 Å². The Hall–Kier alpha value is -3.27. The molecule has 0 unspecified atom stereocenters. The molecule has 33 heavy (non-hydrogen) atoms. The number of fused-ring (bicyclic) bond motifs is 1. The van der Waals surface area contributed by atoms with Crippen molar-refractivity contribution in [1.29, 1.82) is 0 Å². The minimum Gasteiger partial charge on any atom is -0.266 e. The van der Waals surface area contributed by atoms with Crippen LogP contribution in [0.3, 0.4) is 0 Å². The molecule has 0 N–H and O–H groups in total. The van der Waals surface area contributed by atoms with E-state index in [1.807, 2.05) is 30.3 Å². The van der Waals surface area contributed by atoms with Crippen LogP contribution in [0.4, 0.5) is 5.69 Å². The van der Waals surface area contributed by atoms with Crippen LogP contribution in [0.2, 0.25) is 5.02 Å². The molecule has 5 aromatic rings. The van der Waals surface area contributed by atoms with Crippen LogP contribution in [-0.4, -0.2) is 34.8 Å². The van der Waals surface area contributed by atoms with Crippen molar-refractivity contribution in [1.82, 2.24) is 19.8 Å². The van der Waals surface area contributed by atoms with Crippen LogP contribution in [-0.2, 0) is 16.4 Å². The lowest BCUT2D eigenvalue weighted by molar-refractivity contribution is 0.590. The van der Waals surface area contributed by atoms with Crippen LogP contribution in [0.25, 0.3) is 15.5 Å². The third-order valence-electron chi connectivity index (χ3n) is 5.06. The van der Waals surface area contributed by atoms with Gasteiger partial charge >= 0.3 is 0 Å². The highest BCUT2D eigenvalue weighted by Crippen LogP contribution is 2.27. The molecule has 7 nitrogen and oxygen atoms in total. The number of aromatic nitrogens is 4. The number of sulfonamides is 1. The fraction of sp³-hybridized carbons (Fsp3) is 0.0870. The molecule has 0 atom stereocenters. The summed E-state index contributed by atoms with van der Waals surface area (Å²) in [5.74, 6) is 0.589. The zero-order valence-corrected chi connectivity index (χ0v) is 19.6. The minimum absolute atomic E-state index is 0.165. The average Bonchev–Trinajstić information content (AvgIpc) is 3.43. The second-order valence-corrected chi connectivity index (χ2v) is 10.5. The van der Waals surface area contributed by atoms with Gasteiger partial charge in [-0.15, -0.1) is 10.2 Å². The lowest BCUT2D eigenvalue weighted by Gasteiger charge is -2.24. The van der Waals surface area contributed by atoms with Crippen molar-refractivity contribution in [2.45, 2.75) is 11.3 Å². The van der Waals surface area contributed by atoms with Crippen LogP contribution < -0.4 is 4.31 Å². The third-order valence-corrected chi connectivity index (χ3v) is 8.10. The van der Waals surface area contributed by atoms with Gasteiger partial charge in [0.1, 0.15) is 5.01 Å². The lowest BCUT2D eigenvalue weighted by Crippen LogP contribution is -2.33. The van der Waals surface area contributed by atoms with Gasteiger partial charge < -0.3 is 0 Å². The van der Waals surface area contributed by atoms with Crippen LogP contribution in [0.5, 0.6) is 0 Å². The molecule has 0 amide bonds. The molecule has 10 heteroatoms. The Morgan fingerprint density at radius 2 is 1.55 bits per heavy atom. The summed E-state index contributed by atoms with van der Waals surface area (Å²) in [6.07, 6.45) is 0.327. The highest BCUT2D eigenvalue weighted by Gasteiger charge is 2.25. The predicted octanol–water partition coefficient (Wildman–Crippen LogP) is 4.94. The zero-order chi connectivity index (χ0) is 22.8. The maximum atomic E-state index is 13.5. The highest BCUT2D eigenvalue weighted by atomic mass is 35.5. The molecule has 0 aliphatic heterocycles. The molecule has 0 spiro atoms. The summed E-state index contributed by atoms with van der Waals surface area (Å²) < 4.78 is 30.0. The summed E-state index contributed by atoms with van der Waals surface area (Å²) in [7, 11) is -3.80. The normalized spacial score (nSPS) is 11.7. The fourth-order valence-electron chi connectivity index (χ4n) is 3.43. The fourth-order valence-corrected chi connectivity index (χ4v) is 5.90. The number of halogens is 1. The largest absolute Gasteiger partial charge is 0.266 e. The van der Waals surface area contributed by atoms with Crippen molar-refractivity contribution in [3.8, 4) is 10.6 Å². The molecular weight excluding hydrogens is 478 g/mol. The molecule has 2 aromatic heterocycles. The summed E-state index contributed by atoms with van der Waals surface area (Å²) in [6, 6.07) is 24.9. The van der Waals surface area contributed by atoms with Crippen molar-refractivity contribution >= 4 is 43.6 Å². The van der Waals surface area contributed by atoms with E-state index in [-0.39, 0.29) is 11.4 Å². The van der Waals surface area contributed by atoms with E-state index in [0.29, 0.717) is 27.9 Å². The second-order valence-electron chi connectivity index (χ2n) is 7.20. The van der Waals surface area contributed by atoms with Gasteiger partial charge in [-0.05, 0) is 36.4 Å². The van der Waals surface area contributed by atoms with Crippen LogP contribution in [0.15, 0.2) is 89.8 Å². The van der Waals surface area contributed by atoms with E-state index in [4.69, 9.17) is 11.6 Å². The molecule has 166 valence electrons. The number of rotatable bonds is 7. The van der Waals surface area contributed by atoms with Crippen molar-refractivity contribution in [3.63, 3.8) is 0 Å². The van der Waals surface area contributed by atoms with E-state index in [9.17, 15) is 8.42 Å². The molecular formula is C23H18ClN5O2S2. The van der Waals surface area contributed by atoms with Gasteiger partial charge in [-0.3, -0.25) is 4.31 Å². The van der Waals surface area contributed by atoms with Gasteiger partial charge in [0.05, 0.1) is 10.6 Å². The standard InChI is InChI=1S/C23H18ClN5O2S2/c24-18-11-13-19(14-12-18)28(33(30,31)20-9-5-2-6-10-20)16-15-21-25-26-23-29(21)27-22(32-23)17-7-3-1-4-8-17/h1-14H,15-16H2. The molecule has 0 fully saturated rings. The zero-order valence-electron chi connectivity index (χ0n) is 17.2. The number of anilines is 1. The molecule has 0 saturated carbocycles. The topological polar surface area (TPSA) is 80.5 Å². The van der Waals surface area contributed by atoms with Gasteiger partial charge in [0.15, 0.2) is 5.82 Å². The smallest absolute Gasteiger partial charge is 0.264 e. The first-order chi connectivity index (χ1) is 16.0. The maximum absolute atomic E-state index is 13.5. The van der Waals surface area contributed by atoms with Gasteiger partial charge in [-0.1, -0.05) is 71.5 Å². The Morgan fingerprint density at radius 3 is 2.24 bits per heavy atom. The molecule has 2 heterocycles. The lowest BCUT2D eigenvalue weighted by atomic mass is 10.2. The summed E-state index contributed by atoms with van der Waals surface area (Å²) in [4.78, 5) is 0.874. The SMILES string of the molecule is O=S(=O)(c1ccccc1)N(CCc1nnc2sc(-c3ccccc3)nn12)c1ccc(Cl)cc1. The van der Waals surface area contributed by atoms with Crippen LogP contribution in [0.1, 0.15) is 5.82 Å². The van der Waals surface area contributed by atoms with E-state index >= 15 is 0 Å². The molecule has 3 aromatic carbocycles. The molecule has 0 aliphatic rings. The van der Waals surface area contributed by atoms with Crippen molar-refractivity contribution in [3.05, 3.63) is 95.8 Å². The monoisotopic (exact) mass is 495 g/mol. The van der Waals surface area contributed by atoms with E-state index in [0.717, 1.165) is 10.6 Å². The van der Waals surface area contributed by atoms with Gasteiger partial charge in [-0.25, -0.2) is 8.42 Å². The average molecular weight is 496 g/mol. The summed E-state index contributed by atoms with van der Waals surface area (Å²) in [5, 5.41) is 14.5. The summed E-state index contributed by atoms with van der Waals surface area (Å²) in [5.41, 5.74) is 1.51. The van der Waals surface area contributed by atoms with E-state index < -0.39 is 10.0 Å². The van der Waals surface area contributed by atoms with Gasteiger partial charge in [-0.2, -0.15) is 9.61 Å². The molecule has 0 aliphatic carbocycles. The van der Waals surface area contributed by atoms with Crippen molar-refractivity contribution in [2.75, 3.05) is 10.8 Å². The first kappa shape index (κ1) is 21.6. The molecule has 0 radical (unpaired) electrons. The van der Waals surface area contributed by atoms with Gasteiger partial charge in [0.25, 0.3) is 10.0 Å². The Morgan fingerprint density at radius 1 is 0.879 bits per heavy atom. The Balaban J connectivity index is 1.47. The van der Waals surface area contributed by atoms with E-state index in [1.54, 1.807) is 59.1 Å². The van der Waals surface area contributed by atoms with Crippen LogP contribution >= 0.6 is 22.9 Å². The molecule has 0 bridgehead atoms. The number of nitrogens with zero attached hydrogens (tertiary/aromatic N) is 5. The summed E-state index contributed by atoms with van der Waals surface area (Å²) in [6.45, 7) is 0.165. The second kappa shape index (κ2) is 8.93. The predicted molar refractivity (Wildman–Crippen MR) is 130 cm³/mol. The van der Waals surface area contributed by atoms with Crippen molar-refractivity contribution < 1.29 is 8.42 Å². The molecule has 5 rings (SSSR count). The maximum Gasteiger partial charge on any atom is 0.264 e. The minimum atomic E-state index is -3.80. The highest BCUT2D eigenvalue weighted by molar-refractivity contribution is 7.92. The van der Waals surface area contributed by atoms with Gasteiger partial charge in [0, 0.05) is 23.6 Å². The third kappa shape index (κ3) is 4.35. The van der Waals surface area contributed by atoms with E-state index in [1.165, 1.54) is 15.6 Å². The summed E-state index contributed by atoms with van der Waals surface area (Å²) >= 11 is 7.47.